The molecule has 1 N–H and O–H groups in total. The first-order valence-corrected chi connectivity index (χ1v) is 8.15. The summed E-state index contributed by atoms with van der Waals surface area (Å²) in [5, 5.41) is 3.01. The fourth-order valence-corrected chi connectivity index (χ4v) is 2.94. The van der Waals surface area contributed by atoms with Gasteiger partial charge in [-0.2, -0.15) is 0 Å². The van der Waals surface area contributed by atoms with Crippen LogP contribution in [0.1, 0.15) is 24.0 Å². The summed E-state index contributed by atoms with van der Waals surface area (Å²) in [7, 11) is 0. The van der Waals surface area contributed by atoms with E-state index < -0.39 is 0 Å². The molecule has 2 nitrogen and oxygen atoms in total. The van der Waals surface area contributed by atoms with Crippen LogP contribution in [0.2, 0.25) is 0 Å². The van der Waals surface area contributed by atoms with Crippen LogP contribution < -0.4 is 5.32 Å². The van der Waals surface area contributed by atoms with Gasteiger partial charge in [-0.15, -0.1) is 11.8 Å². The third kappa shape index (κ3) is 4.94. The van der Waals surface area contributed by atoms with Gasteiger partial charge in [-0.1, -0.05) is 55.5 Å². The summed E-state index contributed by atoms with van der Waals surface area (Å²) < 4.78 is 0. The summed E-state index contributed by atoms with van der Waals surface area (Å²) in [4.78, 5) is 13.1. The van der Waals surface area contributed by atoms with E-state index in [1.807, 2.05) is 30.3 Å². The van der Waals surface area contributed by atoms with Gasteiger partial charge in [0.1, 0.15) is 0 Å². The highest BCUT2D eigenvalue weighted by Gasteiger charge is 2.08. The van der Waals surface area contributed by atoms with Crippen molar-refractivity contribution in [1.29, 1.82) is 0 Å². The maximum absolute atomic E-state index is 11.9. The van der Waals surface area contributed by atoms with Crippen LogP contribution in [-0.2, 0) is 4.79 Å². The van der Waals surface area contributed by atoms with Crippen LogP contribution in [-0.4, -0.2) is 18.2 Å². The van der Waals surface area contributed by atoms with Crippen molar-refractivity contribution in [3.63, 3.8) is 0 Å². The predicted molar refractivity (Wildman–Crippen MR) is 89.8 cm³/mol. The van der Waals surface area contributed by atoms with Crippen molar-refractivity contribution in [2.24, 2.45) is 0 Å². The fourth-order valence-electron chi connectivity index (χ4n) is 2.08. The maximum atomic E-state index is 11.9. The molecule has 1 amide bonds. The van der Waals surface area contributed by atoms with Crippen molar-refractivity contribution >= 4 is 17.7 Å². The van der Waals surface area contributed by atoms with Crippen molar-refractivity contribution in [2.75, 3.05) is 12.3 Å². The molecule has 0 aliphatic carbocycles. The first kappa shape index (κ1) is 15.6. The Bertz CT molecular complexity index is 583. The lowest BCUT2D eigenvalue weighted by molar-refractivity contribution is -0.118. The van der Waals surface area contributed by atoms with E-state index in [1.165, 1.54) is 16.0 Å². The summed E-state index contributed by atoms with van der Waals surface area (Å²) in [6.07, 6.45) is 0. The van der Waals surface area contributed by atoms with Crippen molar-refractivity contribution in [3.8, 4) is 0 Å². The van der Waals surface area contributed by atoms with Crippen LogP contribution in [0.15, 0.2) is 59.5 Å². The van der Waals surface area contributed by atoms with Gasteiger partial charge in [0.25, 0.3) is 0 Å². The van der Waals surface area contributed by atoms with Gasteiger partial charge in [0.15, 0.2) is 0 Å². The van der Waals surface area contributed by atoms with E-state index in [0.29, 0.717) is 18.2 Å². The van der Waals surface area contributed by atoms with Crippen LogP contribution in [0.25, 0.3) is 0 Å². The summed E-state index contributed by atoms with van der Waals surface area (Å²) in [6.45, 7) is 4.87. The van der Waals surface area contributed by atoms with E-state index in [1.54, 1.807) is 11.8 Å². The Hall–Kier alpha value is -1.74. The van der Waals surface area contributed by atoms with Crippen LogP contribution in [0.5, 0.6) is 0 Å². The first-order chi connectivity index (χ1) is 10.2. The third-order valence-electron chi connectivity index (χ3n) is 3.43. The second-order valence-corrected chi connectivity index (χ2v) is 6.19. The van der Waals surface area contributed by atoms with E-state index in [4.69, 9.17) is 0 Å². The van der Waals surface area contributed by atoms with Gasteiger partial charge in [0.05, 0.1) is 5.75 Å². The Morgan fingerprint density at radius 1 is 1.10 bits per heavy atom. The smallest absolute Gasteiger partial charge is 0.230 e. The molecule has 21 heavy (non-hydrogen) atoms. The Kier molecular flexibility index (Phi) is 5.88. The largest absolute Gasteiger partial charge is 0.355 e. The fraction of sp³-hybridized carbons (Fsp3) is 0.278. The molecule has 0 unspecified atom stereocenters. The molecule has 2 aromatic rings. The zero-order valence-electron chi connectivity index (χ0n) is 12.5. The quantitative estimate of drug-likeness (QED) is 0.817. The molecule has 0 spiro atoms. The van der Waals surface area contributed by atoms with Gasteiger partial charge in [-0.25, -0.2) is 0 Å². The summed E-state index contributed by atoms with van der Waals surface area (Å²) in [5.74, 6) is 0.886. The van der Waals surface area contributed by atoms with Gasteiger partial charge < -0.3 is 5.32 Å². The van der Waals surface area contributed by atoms with Crippen molar-refractivity contribution in [1.82, 2.24) is 5.32 Å². The molecule has 0 bridgehead atoms. The molecule has 3 heteroatoms. The Labute approximate surface area is 131 Å². The molecule has 0 radical (unpaired) electrons. The standard InChI is InChI=1S/C18H21NOS/c1-14-8-6-7-11-17(14)21-13-18(20)19-12-15(2)16-9-4-3-5-10-16/h3-11,15H,12-13H2,1-2H3,(H,19,20)/t15-/m1/s1. The van der Waals surface area contributed by atoms with Crippen molar-refractivity contribution in [3.05, 3.63) is 65.7 Å². The Morgan fingerprint density at radius 3 is 2.48 bits per heavy atom. The summed E-state index contributed by atoms with van der Waals surface area (Å²) in [5.41, 5.74) is 2.47. The van der Waals surface area contributed by atoms with Gasteiger partial charge in [-0.05, 0) is 30.0 Å². The normalized spacial score (nSPS) is 11.9. The molecule has 0 saturated carbocycles. The molecule has 2 aromatic carbocycles. The number of carbonyl (C=O) groups is 1. The second-order valence-electron chi connectivity index (χ2n) is 5.17. The number of hydrogen-bond donors (Lipinski definition) is 1. The molecule has 110 valence electrons. The minimum atomic E-state index is 0.0889. The SMILES string of the molecule is Cc1ccccc1SCC(=O)NC[C@@H](C)c1ccccc1. The zero-order valence-corrected chi connectivity index (χ0v) is 13.3. The number of rotatable bonds is 6. The minimum Gasteiger partial charge on any atom is -0.355 e. The van der Waals surface area contributed by atoms with E-state index in [0.717, 1.165) is 0 Å². The number of nitrogens with one attached hydrogen (secondary N) is 1. The molecule has 0 fully saturated rings. The molecule has 2 rings (SSSR count). The van der Waals surface area contributed by atoms with Gasteiger partial charge >= 0.3 is 0 Å². The molecule has 0 aliphatic rings. The first-order valence-electron chi connectivity index (χ1n) is 7.17. The molecule has 0 saturated heterocycles. The number of carbonyl (C=O) groups excluding carboxylic acids is 1. The lowest BCUT2D eigenvalue weighted by Crippen LogP contribution is -2.28. The maximum Gasteiger partial charge on any atom is 0.230 e. The lowest BCUT2D eigenvalue weighted by atomic mass is 10.0. The van der Waals surface area contributed by atoms with Crippen LogP contribution >= 0.6 is 11.8 Å². The highest BCUT2D eigenvalue weighted by molar-refractivity contribution is 8.00. The molecular weight excluding hydrogens is 278 g/mol. The number of benzene rings is 2. The van der Waals surface area contributed by atoms with Gasteiger partial charge in [0.2, 0.25) is 5.91 Å². The molecule has 0 aliphatic heterocycles. The van der Waals surface area contributed by atoms with E-state index in [9.17, 15) is 4.79 Å². The van der Waals surface area contributed by atoms with E-state index >= 15 is 0 Å². The number of aryl methyl sites for hydroxylation is 1. The number of hydrogen-bond acceptors (Lipinski definition) is 2. The second kappa shape index (κ2) is 7.89. The average Bonchev–Trinajstić information content (AvgIpc) is 2.52. The van der Waals surface area contributed by atoms with Crippen LogP contribution in [0.3, 0.4) is 0 Å². The lowest BCUT2D eigenvalue weighted by Gasteiger charge is -2.13. The highest BCUT2D eigenvalue weighted by atomic mass is 32.2. The molecule has 1 atom stereocenters. The minimum absolute atomic E-state index is 0.0889. The Balaban J connectivity index is 1.76. The van der Waals surface area contributed by atoms with Crippen LogP contribution in [0, 0.1) is 6.92 Å². The zero-order chi connectivity index (χ0) is 15.1. The topological polar surface area (TPSA) is 29.1 Å². The summed E-state index contributed by atoms with van der Waals surface area (Å²) in [6, 6.07) is 18.4. The predicted octanol–water partition coefficient (Wildman–Crippen LogP) is 4.01. The van der Waals surface area contributed by atoms with Crippen molar-refractivity contribution in [2.45, 2.75) is 24.7 Å². The average molecular weight is 299 g/mol. The van der Waals surface area contributed by atoms with Crippen molar-refractivity contribution < 1.29 is 4.79 Å². The monoisotopic (exact) mass is 299 g/mol. The number of thioether (sulfide) groups is 1. The highest BCUT2D eigenvalue weighted by Crippen LogP contribution is 2.21. The Morgan fingerprint density at radius 2 is 1.76 bits per heavy atom. The number of amides is 1. The molecule has 0 heterocycles. The molecule has 0 aromatic heterocycles. The van der Waals surface area contributed by atoms with E-state index in [-0.39, 0.29) is 5.91 Å². The van der Waals surface area contributed by atoms with Gasteiger partial charge in [-0.3, -0.25) is 4.79 Å². The third-order valence-corrected chi connectivity index (χ3v) is 4.60. The van der Waals surface area contributed by atoms with Crippen LogP contribution in [0.4, 0.5) is 0 Å². The van der Waals surface area contributed by atoms with E-state index in [2.05, 4.69) is 43.4 Å². The molecular formula is C18H21NOS. The summed E-state index contributed by atoms with van der Waals surface area (Å²) >= 11 is 1.59. The van der Waals surface area contributed by atoms with Gasteiger partial charge in [0, 0.05) is 11.4 Å².